The molecule has 0 aliphatic rings. The van der Waals surface area contributed by atoms with Gasteiger partial charge in [0.15, 0.2) is 5.82 Å². The number of nitrogens with one attached hydrogen (secondary N) is 1. The molecule has 0 unspecified atom stereocenters. The first-order valence-electron chi connectivity index (χ1n) is 10.5. The molecule has 1 amide bonds. The Kier molecular flexibility index (Phi) is 6.98. The zero-order valence-corrected chi connectivity index (χ0v) is 19.7. The van der Waals surface area contributed by atoms with E-state index >= 15 is 0 Å². The molecule has 8 nitrogen and oxygen atoms in total. The molecule has 0 aliphatic carbocycles. The Morgan fingerprint density at radius 2 is 1.76 bits per heavy atom. The van der Waals surface area contributed by atoms with Crippen LogP contribution in [-0.2, 0) is 0 Å². The molecule has 0 saturated carbocycles. The van der Waals surface area contributed by atoms with E-state index in [1.165, 1.54) is 7.11 Å². The molecular weight excluding hydrogens is 456 g/mol. The van der Waals surface area contributed by atoms with Crippen molar-refractivity contribution >= 4 is 23.2 Å². The van der Waals surface area contributed by atoms with E-state index in [-0.39, 0.29) is 5.82 Å². The molecule has 3 aromatic carbocycles. The van der Waals surface area contributed by atoms with Crippen molar-refractivity contribution in [1.29, 1.82) is 0 Å². The normalized spacial score (nSPS) is 10.6. The second-order valence-electron chi connectivity index (χ2n) is 7.13. The lowest BCUT2D eigenvalue weighted by Crippen LogP contribution is -2.15. The summed E-state index contributed by atoms with van der Waals surface area (Å²) in [6.45, 7) is 2.49. The minimum absolute atomic E-state index is 0.0197. The Bertz CT molecular complexity index is 1300. The maximum atomic E-state index is 13.1. The smallest absolute Gasteiger partial charge is 0.295 e. The summed E-state index contributed by atoms with van der Waals surface area (Å²) in [4.78, 5) is 17.7. The van der Waals surface area contributed by atoms with Gasteiger partial charge in [0.05, 0.1) is 32.2 Å². The lowest BCUT2D eigenvalue weighted by molar-refractivity contribution is 0.101. The maximum absolute atomic E-state index is 13.1. The van der Waals surface area contributed by atoms with Crippen molar-refractivity contribution in [3.63, 3.8) is 0 Å². The number of hydrogen-bond donors (Lipinski definition) is 1. The van der Waals surface area contributed by atoms with Crippen LogP contribution in [-0.4, -0.2) is 41.5 Å². The van der Waals surface area contributed by atoms with Crippen molar-refractivity contribution < 1.29 is 19.0 Å². The molecule has 0 aliphatic heterocycles. The number of aromatic nitrogens is 3. The molecule has 0 atom stereocenters. The lowest BCUT2D eigenvalue weighted by Gasteiger charge is -2.10. The van der Waals surface area contributed by atoms with Crippen molar-refractivity contribution in [3.8, 4) is 34.3 Å². The molecule has 1 aromatic heterocycles. The predicted molar refractivity (Wildman–Crippen MR) is 130 cm³/mol. The van der Waals surface area contributed by atoms with Gasteiger partial charge in [-0.05, 0) is 55.5 Å². The summed E-state index contributed by atoms with van der Waals surface area (Å²) in [7, 11) is 3.07. The van der Waals surface area contributed by atoms with Crippen LogP contribution in [0.25, 0.3) is 17.1 Å². The van der Waals surface area contributed by atoms with E-state index in [1.807, 2.05) is 43.3 Å². The van der Waals surface area contributed by atoms with Crippen LogP contribution in [0.4, 0.5) is 5.69 Å². The highest BCUT2D eigenvalue weighted by Gasteiger charge is 2.20. The molecule has 0 radical (unpaired) electrons. The van der Waals surface area contributed by atoms with Crippen LogP contribution in [0.15, 0.2) is 66.7 Å². The third-order valence-corrected chi connectivity index (χ3v) is 5.18. The topological polar surface area (TPSA) is 87.5 Å². The third-order valence-electron chi connectivity index (χ3n) is 4.94. The fourth-order valence-electron chi connectivity index (χ4n) is 3.34. The molecule has 4 rings (SSSR count). The van der Waals surface area contributed by atoms with Crippen molar-refractivity contribution in [1.82, 2.24) is 14.8 Å². The molecule has 0 spiro atoms. The quantitative estimate of drug-likeness (QED) is 0.372. The molecule has 174 valence electrons. The Labute approximate surface area is 202 Å². The first-order chi connectivity index (χ1) is 16.5. The van der Waals surface area contributed by atoms with Crippen LogP contribution in [0.5, 0.6) is 17.2 Å². The van der Waals surface area contributed by atoms with Crippen LogP contribution >= 0.6 is 11.6 Å². The van der Waals surface area contributed by atoms with E-state index in [9.17, 15) is 4.79 Å². The van der Waals surface area contributed by atoms with Gasteiger partial charge >= 0.3 is 0 Å². The van der Waals surface area contributed by atoms with Crippen LogP contribution in [0.3, 0.4) is 0 Å². The summed E-state index contributed by atoms with van der Waals surface area (Å²) in [5.41, 5.74) is 1.87. The van der Waals surface area contributed by atoms with Gasteiger partial charge in [-0.1, -0.05) is 23.7 Å². The third kappa shape index (κ3) is 4.97. The molecule has 4 aromatic rings. The van der Waals surface area contributed by atoms with Gasteiger partial charge in [0.1, 0.15) is 17.2 Å². The minimum atomic E-state index is -0.500. The van der Waals surface area contributed by atoms with Crippen LogP contribution in [0.2, 0.25) is 5.02 Å². The number of benzene rings is 3. The number of carbonyl (C=O) groups excluding carboxylic acids is 1. The van der Waals surface area contributed by atoms with Crippen molar-refractivity contribution in [2.75, 3.05) is 26.1 Å². The fourth-order valence-corrected chi connectivity index (χ4v) is 3.53. The number of amides is 1. The molecule has 1 N–H and O–H groups in total. The maximum Gasteiger partial charge on any atom is 0.295 e. The molecule has 0 fully saturated rings. The number of anilines is 1. The predicted octanol–water partition coefficient (Wildman–Crippen LogP) is 5.26. The number of halogens is 1. The molecular formula is C25H23ClN4O4. The summed E-state index contributed by atoms with van der Waals surface area (Å²) in [5, 5.41) is 7.85. The van der Waals surface area contributed by atoms with E-state index in [0.717, 1.165) is 5.75 Å². The number of nitrogens with zero attached hydrogens (tertiary/aromatic N) is 3. The van der Waals surface area contributed by atoms with E-state index in [4.69, 9.17) is 25.8 Å². The van der Waals surface area contributed by atoms with Gasteiger partial charge in [-0.3, -0.25) is 4.79 Å². The molecule has 9 heteroatoms. The summed E-state index contributed by atoms with van der Waals surface area (Å²) in [6.07, 6.45) is 0. The lowest BCUT2D eigenvalue weighted by atomic mass is 10.2. The van der Waals surface area contributed by atoms with Crippen LogP contribution in [0.1, 0.15) is 17.5 Å². The summed E-state index contributed by atoms with van der Waals surface area (Å²) in [6, 6.07) is 19.7. The number of methoxy groups -OCH3 is 2. The highest BCUT2D eigenvalue weighted by Crippen LogP contribution is 2.30. The van der Waals surface area contributed by atoms with Gasteiger partial charge in [0.25, 0.3) is 5.91 Å². The second kappa shape index (κ2) is 10.3. The highest BCUT2D eigenvalue weighted by atomic mass is 35.5. The first kappa shape index (κ1) is 23.1. The zero-order chi connectivity index (χ0) is 24.1. The molecule has 1 heterocycles. The minimum Gasteiger partial charge on any atom is -0.497 e. The molecule has 0 saturated heterocycles. The van der Waals surface area contributed by atoms with Gasteiger partial charge in [-0.25, -0.2) is 9.67 Å². The standard InChI is InChI=1S/C25H23ClN4O4/c1-4-34-19-10-8-18(9-11-19)30-24(16-6-5-7-17(26)14-16)28-23(29-30)25(31)27-21-15-20(32-2)12-13-22(21)33-3/h5-15H,4H2,1-3H3,(H,27,31). The number of rotatable bonds is 8. The summed E-state index contributed by atoms with van der Waals surface area (Å²) >= 11 is 6.21. The van der Waals surface area contributed by atoms with Gasteiger partial charge < -0.3 is 19.5 Å². The second-order valence-corrected chi connectivity index (χ2v) is 7.56. The van der Waals surface area contributed by atoms with Gasteiger partial charge in [-0.15, -0.1) is 5.10 Å². The fraction of sp³-hybridized carbons (Fsp3) is 0.160. The number of hydrogen-bond acceptors (Lipinski definition) is 6. The number of carbonyl (C=O) groups is 1. The van der Waals surface area contributed by atoms with Crippen molar-refractivity contribution in [2.45, 2.75) is 6.92 Å². The van der Waals surface area contributed by atoms with Crippen molar-refractivity contribution in [2.24, 2.45) is 0 Å². The van der Waals surface area contributed by atoms with Gasteiger partial charge in [-0.2, -0.15) is 0 Å². The zero-order valence-electron chi connectivity index (χ0n) is 18.9. The summed E-state index contributed by atoms with van der Waals surface area (Å²) in [5.74, 6) is 1.74. The van der Waals surface area contributed by atoms with Crippen LogP contribution in [0, 0.1) is 0 Å². The largest absolute Gasteiger partial charge is 0.497 e. The average Bonchev–Trinajstić information content (AvgIpc) is 3.30. The average molecular weight is 479 g/mol. The molecule has 0 bridgehead atoms. The highest BCUT2D eigenvalue weighted by molar-refractivity contribution is 6.30. The Morgan fingerprint density at radius 1 is 1.00 bits per heavy atom. The van der Waals surface area contributed by atoms with E-state index in [1.54, 1.807) is 42.1 Å². The Balaban J connectivity index is 1.74. The summed E-state index contributed by atoms with van der Waals surface area (Å²) < 4.78 is 17.7. The Hall–Kier alpha value is -4.04. The van der Waals surface area contributed by atoms with E-state index in [2.05, 4.69) is 15.4 Å². The SMILES string of the molecule is CCOc1ccc(-n2nc(C(=O)Nc3cc(OC)ccc3OC)nc2-c2cccc(Cl)c2)cc1. The van der Waals surface area contributed by atoms with Gasteiger partial charge in [0, 0.05) is 16.7 Å². The van der Waals surface area contributed by atoms with Crippen LogP contribution < -0.4 is 19.5 Å². The molecule has 34 heavy (non-hydrogen) atoms. The Morgan fingerprint density at radius 3 is 2.44 bits per heavy atom. The van der Waals surface area contributed by atoms with Crippen molar-refractivity contribution in [3.05, 3.63) is 77.6 Å². The monoisotopic (exact) mass is 478 g/mol. The first-order valence-corrected chi connectivity index (χ1v) is 10.9. The van der Waals surface area contributed by atoms with E-state index in [0.29, 0.717) is 45.9 Å². The number of ether oxygens (including phenoxy) is 3. The van der Waals surface area contributed by atoms with Gasteiger partial charge in [0.2, 0.25) is 5.82 Å². The van der Waals surface area contributed by atoms with E-state index < -0.39 is 5.91 Å².